The lowest BCUT2D eigenvalue weighted by molar-refractivity contribution is 0.0677. The fourth-order valence-electron chi connectivity index (χ4n) is 3.79. The van der Waals surface area contributed by atoms with E-state index in [-0.39, 0.29) is 11.3 Å². The number of amides is 1. The molecule has 6 heteroatoms. The van der Waals surface area contributed by atoms with Crippen LogP contribution in [0.5, 0.6) is 0 Å². The Kier molecular flexibility index (Phi) is 4.36. The summed E-state index contributed by atoms with van der Waals surface area (Å²) in [5.41, 5.74) is 2.68. The monoisotopic (exact) mass is 367 g/mol. The highest BCUT2D eigenvalue weighted by atomic mass is 32.1. The van der Waals surface area contributed by atoms with Gasteiger partial charge in [-0.25, -0.2) is 9.97 Å². The van der Waals surface area contributed by atoms with Gasteiger partial charge in [-0.1, -0.05) is 30.3 Å². The van der Waals surface area contributed by atoms with Gasteiger partial charge in [-0.3, -0.25) is 4.79 Å². The van der Waals surface area contributed by atoms with Crippen LogP contribution in [-0.4, -0.2) is 33.9 Å². The summed E-state index contributed by atoms with van der Waals surface area (Å²) < 4.78 is 5.19. The number of carbonyl (C=O) groups excluding carboxylic acids is 1. The maximum Gasteiger partial charge on any atom is 0.276 e. The third-order valence-electron chi connectivity index (χ3n) is 5.29. The molecule has 1 saturated heterocycles. The summed E-state index contributed by atoms with van der Waals surface area (Å²) in [4.78, 5) is 23.5. The number of carbonyl (C=O) groups is 1. The molecule has 3 heterocycles. The standard InChI is InChI=1S/C20H21N3O2S/c1-14-18(21-13-25-14)19(24)23-10-8-20(9-11-23,16-6-4-3-5-7-16)17-12-26-15(2)22-17/h3-7,12-13H,8-11H2,1-2H3. The van der Waals surface area contributed by atoms with Crippen molar-refractivity contribution in [1.29, 1.82) is 0 Å². The van der Waals surface area contributed by atoms with Crippen LogP contribution in [0.3, 0.4) is 0 Å². The molecule has 1 aromatic carbocycles. The van der Waals surface area contributed by atoms with Gasteiger partial charge < -0.3 is 9.32 Å². The van der Waals surface area contributed by atoms with Gasteiger partial charge in [0, 0.05) is 23.9 Å². The lowest BCUT2D eigenvalue weighted by atomic mass is 9.70. The number of piperidine rings is 1. The Morgan fingerprint density at radius 3 is 2.50 bits per heavy atom. The molecule has 134 valence electrons. The average molecular weight is 367 g/mol. The first kappa shape index (κ1) is 17.0. The summed E-state index contributed by atoms with van der Waals surface area (Å²) >= 11 is 1.68. The van der Waals surface area contributed by atoms with Crippen LogP contribution in [0, 0.1) is 13.8 Å². The molecule has 1 aliphatic rings. The highest BCUT2D eigenvalue weighted by Gasteiger charge is 2.41. The predicted molar refractivity (Wildman–Crippen MR) is 100 cm³/mol. The number of rotatable bonds is 3. The van der Waals surface area contributed by atoms with Crippen molar-refractivity contribution in [2.75, 3.05) is 13.1 Å². The van der Waals surface area contributed by atoms with Crippen LogP contribution in [0.25, 0.3) is 0 Å². The topological polar surface area (TPSA) is 59.2 Å². The Morgan fingerprint density at radius 2 is 1.92 bits per heavy atom. The van der Waals surface area contributed by atoms with Crippen LogP contribution >= 0.6 is 11.3 Å². The minimum Gasteiger partial charge on any atom is -0.448 e. The maximum atomic E-state index is 12.8. The lowest BCUT2D eigenvalue weighted by Crippen LogP contribution is -2.46. The van der Waals surface area contributed by atoms with Crippen molar-refractivity contribution in [3.8, 4) is 0 Å². The number of nitrogens with zero attached hydrogens (tertiary/aromatic N) is 3. The van der Waals surface area contributed by atoms with E-state index in [9.17, 15) is 4.79 Å². The predicted octanol–water partition coefficient (Wildman–Crippen LogP) is 3.97. The first-order valence-electron chi connectivity index (χ1n) is 8.78. The van der Waals surface area contributed by atoms with E-state index in [1.54, 1.807) is 18.3 Å². The molecule has 0 unspecified atom stereocenters. The molecule has 0 N–H and O–H groups in total. The molecule has 0 spiro atoms. The smallest absolute Gasteiger partial charge is 0.276 e. The molecule has 2 aromatic heterocycles. The molecule has 0 aliphatic carbocycles. The molecular weight excluding hydrogens is 346 g/mol. The van der Waals surface area contributed by atoms with Crippen molar-refractivity contribution in [3.63, 3.8) is 0 Å². The highest BCUT2D eigenvalue weighted by Crippen LogP contribution is 2.42. The zero-order valence-electron chi connectivity index (χ0n) is 14.9. The van der Waals surface area contributed by atoms with Crippen LogP contribution in [0.2, 0.25) is 0 Å². The molecule has 26 heavy (non-hydrogen) atoms. The van der Waals surface area contributed by atoms with Crippen molar-refractivity contribution in [3.05, 3.63) is 69.8 Å². The van der Waals surface area contributed by atoms with Crippen molar-refractivity contribution in [2.24, 2.45) is 0 Å². The Balaban J connectivity index is 1.63. The van der Waals surface area contributed by atoms with Crippen molar-refractivity contribution < 1.29 is 9.21 Å². The summed E-state index contributed by atoms with van der Waals surface area (Å²) in [5.74, 6) is 0.525. The van der Waals surface area contributed by atoms with Crippen LogP contribution in [0.4, 0.5) is 0 Å². The van der Waals surface area contributed by atoms with E-state index in [0.29, 0.717) is 24.5 Å². The zero-order valence-corrected chi connectivity index (χ0v) is 15.8. The minimum absolute atomic E-state index is 0.0487. The van der Waals surface area contributed by atoms with E-state index in [1.807, 2.05) is 17.9 Å². The van der Waals surface area contributed by atoms with Crippen molar-refractivity contribution in [2.45, 2.75) is 32.1 Å². The van der Waals surface area contributed by atoms with E-state index in [2.05, 4.69) is 34.6 Å². The molecular formula is C20H21N3O2S. The van der Waals surface area contributed by atoms with Gasteiger partial charge in [0.2, 0.25) is 0 Å². The number of aromatic nitrogens is 2. The molecule has 0 radical (unpaired) electrons. The molecule has 1 aliphatic heterocycles. The van der Waals surface area contributed by atoms with Crippen molar-refractivity contribution >= 4 is 17.2 Å². The molecule has 0 bridgehead atoms. The van der Waals surface area contributed by atoms with Crippen LogP contribution < -0.4 is 0 Å². The van der Waals surface area contributed by atoms with E-state index in [1.165, 1.54) is 12.0 Å². The lowest BCUT2D eigenvalue weighted by Gasteiger charge is -2.41. The number of benzene rings is 1. The molecule has 1 amide bonds. The van der Waals surface area contributed by atoms with E-state index < -0.39 is 0 Å². The van der Waals surface area contributed by atoms with Crippen molar-refractivity contribution in [1.82, 2.24) is 14.9 Å². The van der Waals surface area contributed by atoms with Gasteiger partial charge >= 0.3 is 0 Å². The fraction of sp³-hybridized carbons (Fsp3) is 0.350. The molecule has 0 atom stereocenters. The molecule has 5 nitrogen and oxygen atoms in total. The van der Waals surface area contributed by atoms with Crippen LogP contribution in [-0.2, 0) is 5.41 Å². The van der Waals surface area contributed by atoms with Gasteiger partial charge in [0.15, 0.2) is 12.1 Å². The third-order valence-corrected chi connectivity index (χ3v) is 6.06. The number of likely N-dealkylation sites (tertiary alicyclic amines) is 1. The Bertz CT molecular complexity index is 908. The molecule has 3 aromatic rings. The quantitative estimate of drug-likeness (QED) is 0.703. The number of oxazole rings is 1. The summed E-state index contributed by atoms with van der Waals surface area (Å²) in [6.45, 7) is 5.17. The first-order valence-corrected chi connectivity index (χ1v) is 9.65. The van der Waals surface area contributed by atoms with E-state index in [0.717, 1.165) is 23.5 Å². The second-order valence-corrected chi connectivity index (χ2v) is 7.81. The van der Waals surface area contributed by atoms with Gasteiger partial charge in [-0.2, -0.15) is 0 Å². The second kappa shape index (κ2) is 6.68. The maximum absolute atomic E-state index is 12.8. The van der Waals surface area contributed by atoms with Gasteiger partial charge in [-0.05, 0) is 32.3 Å². The van der Waals surface area contributed by atoms with Gasteiger partial charge in [-0.15, -0.1) is 11.3 Å². The summed E-state index contributed by atoms with van der Waals surface area (Å²) in [6.07, 6.45) is 3.03. The van der Waals surface area contributed by atoms with E-state index in [4.69, 9.17) is 9.40 Å². The van der Waals surface area contributed by atoms with Gasteiger partial charge in [0.1, 0.15) is 5.76 Å². The minimum atomic E-state index is -0.137. The number of hydrogen-bond donors (Lipinski definition) is 0. The summed E-state index contributed by atoms with van der Waals surface area (Å²) in [6, 6.07) is 10.5. The number of thiazole rings is 1. The van der Waals surface area contributed by atoms with Crippen LogP contribution in [0.15, 0.2) is 46.5 Å². The molecule has 0 saturated carbocycles. The number of aryl methyl sites for hydroxylation is 2. The highest BCUT2D eigenvalue weighted by molar-refractivity contribution is 7.09. The second-order valence-electron chi connectivity index (χ2n) is 6.75. The average Bonchev–Trinajstić information content (AvgIpc) is 3.30. The van der Waals surface area contributed by atoms with E-state index >= 15 is 0 Å². The molecule has 4 rings (SSSR count). The molecule has 1 fully saturated rings. The Labute approximate surface area is 156 Å². The first-order chi connectivity index (χ1) is 12.6. The summed E-state index contributed by atoms with van der Waals surface area (Å²) in [7, 11) is 0. The van der Waals surface area contributed by atoms with Gasteiger partial charge in [0.05, 0.1) is 10.7 Å². The normalized spacial score (nSPS) is 16.6. The number of hydrogen-bond acceptors (Lipinski definition) is 5. The Morgan fingerprint density at radius 1 is 1.19 bits per heavy atom. The largest absolute Gasteiger partial charge is 0.448 e. The Hall–Kier alpha value is -2.47. The van der Waals surface area contributed by atoms with Gasteiger partial charge in [0.25, 0.3) is 5.91 Å². The third kappa shape index (κ3) is 2.84. The summed E-state index contributed by atoms with van der Waals surface area (Å²) in [5, 5.41) is 3.24. The van der Waals surface area contributed by atoms with Crippen LogP contribution in [0.1, 0.15) is 45.4 Å². The zero-order chi connectivity index (χ0) is 18.1. The fourth-order valence-corrected chi connectivity index (χ4v) is 4.50. The SMILES string of the molecule is Cc1nc(C2(c3ccccc3)CCN(C(=O)c3ncoc3C)CC2)cs1.